The van der Waals surface area contributed by atoms with Gasteiger partial charge in [-0.3, -0.25) is 9.59 Å². The molecule has 2 N–H and O–H groups in total. The number of ketones is 2. The first-order valence-electron chi connectivity index (χ1n) is 11.3. The maximum atomic E-state index is 13.2. The molecule has 3 aromatic rings. The third kappa shape index (κ3) is 6.06. The highest BCUT2D eigenvalue weighted by molar-refractivity contribution is 7.80. The monoisotopic (exact) mass is 470 g/mol. The van der Waals surface area contributed by atoms with Crippen LogP contribution in [-0.2, 0) is 11.8 Å². The second-order valence-electron chi connectivity index (χ2n) is 8.99. The van der Waals surface area contributed by atoms with Gasteiger partial charge in [-0.1, -0.05) is 107 Å². The van der Waals surface area contributed by atoms with E-state index in [1.165, 1.54) is 6.20 Å². The van der Waals surface area contributed by atoms with Gasteiger partial charge in [0.25, 0.3) is 0 Å². The molecule has 4 nitrogen and oxygen atoms in total. The zero-order chi connectivity index (χ0) is 24.7. The van der Waals surface area contributed by atoms with Gasteiger partial charge in [0.1, 0.15) is 0 Å². The van der Waals surface area contributed by atoms with Crippen LogP contribution in [0.1, 0.15) is 59.5 Å². The smallest absolute Gasteiger partial charge is 0.198 e. The van der Waals surface area contributed by atoms with Crippen molar-refractivity contribution in [2.24, 2.45) is 0 Å². The molecule has 0 aliphatic carbocycles. The second-order valence-corrected chi connectivity index (χ2v) is 9.40. The van der Waals surface area contributed by atoms with Crippen molar-refractivity contribution in [3.63, 3.8) is 0 Å². The van der Waals surface area contributed by atoms with Crippen molar-refractivity contribution in [3.05, 3.63) is 113 Å². The molecule has 3 aromatic carbocycles. The maximum absolute atomic E-state index is 13.2. The molecule has 0 saturated carbocycles. The van der Waals surface area contributed by atoms with Crippen LogP contribution >= 0.6 is 12.2 Å². The van der Waals surface area contributed by atoms with Crippen molar-refractivity contribution in [1.82, 2.24) is 5.32 Å². The van der Waals surface area contributed by atoms with Gasteiger partial charge in [0, 0.05) is 23.0 Å². The third-order valence-electron chi connectivity index (χ3n) is 5.49. The topological polar surface area (TPSA) is 58.2 Å². The van der Waals surface area contributed by atoms with E-state index in [0.29, 0.717) is 16.2 Å². The van der Waals surface area contributed by atoms with Gasteiger partial charge in [0.15, 0.2) is 16.7 Å². The number of benzene rings is 3. The number of hydrogen-bond acceptors (Lipinski definition) is 3. The molecule has 3 rings (SSSR count). The van der Waals surface area contributed by atoms with E-state index in [1.807, 2.05) is 12.1 Å². The molecule has 0 spiro atoms. The third-order valence-corrected chi connectivity index (χ3v) is 5.71. The van der Waals surface area contributed by atoms with Crippen molar-refractivity contribution in [2.75, 3.05) is 5.32 Å². The largest absolute Gasteiger partial charge is 0.338 e. The number of carbonyl (C=O) groups is 2. The fourth-order valence-corrected chi connectivity index (χ4v) is 3.84. The molecule has 174 valence electrons. The lowest BCUT2D eigenvalue weighted by Crippen LogP contribution is -2.28. The number of para-hydroxylation sites is 1. The van der Waals surface area contributed by atoms with Crippen LogP contribution < -0.4 is 10.6 Å². The van der Waals surface area contributed by atoms with Crippen LogP contribution in [0, 0.1) is 0 Å². The Labute approximate surface area is 207 Å². The number of nitrogens with one attached hydrogen (secondary N) is 2. The molecule has 0 unspecified atom stereocenters. The maximum Gasteiger partial charge on any atom is 0.198 e. The lowest BCUT2D eigenvalue weighted by molar-refractivity contribution is 0.0962. The molecular weight excluding hydrogens is 440 g/mol. The molecule has 0 amide bonds. The van der Waals surface area contributed by atoms with Crippen molar-refractivity contribution in [3.8, 4) is 0 Å². The van der Waals surface area contributed by atoms with Crippen LogP contribution in [0.3, 0.4) is 0 Å². The van der Waals surface area contributed by atoms with E-state index in [2.05, 4.69) is 56.5 Å². The van der Waals surface area contributed by atoms with E-state index >= 15 is 0 Å². The van der Waals surface area contributed by atoms with E-state index < -0.39 is 0 Å². The van der Waals surface area contributed by atoms with Crippen molar-refractivity contribution in [1.29, 1.82) is 0 Å². The van der Waals surface area contributed by atoms with Crippen LogP contribution in [0.15, 0.2) is 90.6 Å². The summed E-state index contributed by atoms with van der Waals surface area (Å²) in [5.74, 6) is -0.733. The molecule has 0 atom stereocenters. The molecule has 0 aromatic heterocycles. The summed E-state index contributed by atoms with van der Waals surface area (Å²) >= 11 is 5.56. The van der Waals surface area contributed by atoms with E-state index in [1.54, 1.807) is 48.5 Å². The summed E-state index contributed by atoms with van der Waals surface area (Å²) in [6.07, 6.45) is 2.25. The zero-order valence-electron chi connectivity index (χ0n) is 20.0. The zero-order valence-corrected chi connectivity index (χ0v) is 20.8. The predicted molar refractivity (Wildman–Crippen MR) is 144 cm³/mol. The Morgan fingerprint density at radius 1 is 0.824 bits per heavy atom. The first-order chi connectivity index (χ1) is 16.2. The Morgan fingerprint density at radius 3 is 1.82 bits per heavy atom. The lowest BCUT2D eigenvalue weighted by Gasteiger charge is -2.25. The van der Waals surface area contributed by atoms with E-state index in [4.69, 9.17) is 12.2 Å². The van der Waals surface area contributed by atoms with Crippen LogP contribution in [0.5, 0.6) is 0 Å². The van der Waals surface area contributed by atoms with Gasteiger partial charge in [0.2, 0.25) is 0 Å². The van der Waals surface area contributed by atoms with Gasteiger partial charge >= 0.3 is 0 Å². The molecule has 0 radical (unpaired) electrons. The molecule has 0 bridgehead atoms. The minimum Gasteiger partial charge on any atom is -0.338 e. The number of anilines is 1. The Hall–Kier alpha value is -3.57. The quantitative estimate of drug-likeness (QED) is 0.136. The molecule has 0 fully saturated rings. The van der Waals surface area contributed by atoms with Crippen molar-refractivity contribution >= 4 is 34.6 Å². The van der Waals surface area contributed by atoms with Crippen molar-refractivity contribution < 1.29 is 9.59 Å². The standard InChI is InChI=1S/C29H30N2O2S/c1-5-20-17-12-18-24(29(2,3)4)25(20)31-28(34)30-19-23(26(32)21-13-8-6-9-14-21)27(33)22-15-10-7-11-16-22/h6-19H,5H2,1-4H3,(H2,30,31,34). The number of carbonyl (C=O) groups excluding carboxylic acids is 2. The Kier molecular flexibility index (Phi) is 8.13. The molecule has 0 aliphatic heterocycles. The Balaban J connectivity index is 1.92. The number of Topliss-reactive ketones (excluding diaryl/α,β-unsaturated/α-hetero) is 2. The first-order valence-corrected chi connectivity index (χ1v) is 11.7. The van der Waals surface area contributed by atoms with Crippen LogP contribution in [0.2, 0.25) is 0 Å². The average Bonchev–Trinajstić information content (AvgIpc) is 2.84. The molecule has 34 heavy (non-hydrogen) atoms. The predicted octanol–water partition coefficient (Wildman–Crippen LogP) is 6.48. The van der Waals surface area contributed by atoms with Gasteiger partial charge in [-0.05, 0) is 35.2 Å². The average molecular weight is 471 g/mol. The van der Waals surface area contributed by atoms with Gasteiger partial charge in [0.05, 0.1) is 5.57 Å². The lowest BCUT2D eigenvalue weighted by atomic mass is 9.84. The van der Waals surface area contributed by atoms with Gasteiger partial charge in [-0.15, -0.1) is 0 Å². The van der Waals surface area contributed by atoms with Gasteiger partial charge in [-0.2, -0.15) is 0 Å². The van der Waals surface area contributed by atoms with Crippen LogP contribution in [-0.4, -0.2) is 16.7 Å². The number of rotatable bonds is 7. The summed E-state index contributed by atoms with van der Waals surface area (Å²) < 4.78 is 0. The SMILES string of the molecule is CCc1cccc(C(C)(C)C)c1NC(=S)NC=C(C(=O)c1ccccc1)C(=O)c1ccccc1. The molecule has 0 heterocycles. The number of hydrogen-bond donors (Lipinski definition) is 2. The molecule has 0 aliphatic rings. The fraction of sp³-hybridized carbons (Fsp3) is 0.207. The van der Waals surface area contributed by atoms with Crippen LogP contribution in [0.25, 0.3) is 0 Å². The van der Waals surface area contributed by atoms with E-state index in [-0.39, 0.29) is 22.6 Å². The minimum absolute atomic E-state index is 0.0152. The summed E-state index contributed by atoms with van der Waals surface area (Å²) in [6, 6.07) is 23.7. The Morgan fingerprint density at radius 2 is 1.35 bits per heavy atom. The summed E-state index contributed by atoms with van der Waals surface area (Å²) in [4.78, 5) is 26.4. The summed E-state index contributed by atoms with van der Waals surface area (Å²) in [7, 11) is 0. The minimum atomic E-state index is -0.367. The van der Waals surface area contributed by atoms with E-state index in [9.17, 15) is 9.59 Å². The normalized spacial score (nSPS) is 10.8. The first kappa shape index (κ1) is 25.1. The highest BCUT2D eigenvalue weighted by Gasteiger charge is 2.22. The summed E-state index contributed by atoms with van der Waals surface area (Å²) in [6.45, 7) is 8.55. The number of aryl methyl sites for hydroxylation is 1. The Bertz CT molecular complexity index is 1160. The van der Waals surface area contributed by atoms with Crippen LogP contribution in [0.4, 0.5) is 5.69 Å². The molecule has 5 heteroatoms. The summed E-state index contributed by atoms with van der Waals surface area (Å²) in [5, 5.41) is 6.59. The van der Waals surface area contributed by atoms with Gasteiger partial charge < -0.3 is 10.6 Å². The summed E-state index contributed by atoms with van der Waals surface area (Å²) in [5.41, 5.74) is 4.03. The molecular formula is C29H30N2O2S. The second kappa shape index (κ2) is 11.0. The molecule has 0 saturated heterocycles. The van der Waals surface area contributed by atoms with E-state index in [0.717, 1.165) is 23.2 Å². The number of allylic oxidation sites excluding steroid dienone is 1. The highest BCUT2D eigenvalue weighted by Crippen LogP contribution is 2.32. The fourth-order valence-electron chi connectivity index (χ4n) is 3.68. The van der Waals surface area contributed by atoms with Crippen molar-refractivity contribution in [2.45, 2.75) is 39.5 Å². The highest BCUT2D eigenvalue weighted by atomic mass is 32.1. The van der Waals surface area contributed by atoms with Gasteiger partial charge in [-0.25, -0.2) is 0 Å². The number of thiocarbonyl (C=S) groups is 1.